The van der Waals surface area contributed by atoms with E-state index in [9.17, 15) is 4.79 Å². The summed E-state index contributed by atoms with van der Waals surface area (Å²) < 4.78 is 2.01. The van der Waals surface area contributed by atoms with Crippen LogP contribution in [0, 0.1) is 0 Å². The summed E-state index contributed by atoms with van der Waals surface area (Å²) in [5, 5.41) is 9.41. The number of rotatable bonds is 6. The third-order valence-corrected chi connectivity index (χ3v) is 6.91. The number of aromatic nitrogens is 5. The van der Waals surface area contributed by atoms with Crippen molar-refractivity contribution in [2.75, 3.05) is 36.4 Å². The standard InChI is InChI=1S/C26H32N8O/c1-5-17(2)34-24-23(16-28-34)30-26(33-12-10-32(11-13-33)19(4)35)31-25(24)29-18(3)21-14-20-8-6-7-9-22(20)27-15-21/h6-9,14-18H,5,10-13H2,1-4H3,(H,29,30,31)/t17?,18-/m1/s1. The Morgan fingerprint density at radius 3 is 2.57 bits per heavy atom. The Morgan fingerprint density at radius 2 is 1.83 bits per heavy atom. The Balaban J connectivity index is 1.51. The van der Waals surface area contributed by atoms with Crippen LogP contribution in [0.2, 0.25) is 0 Å². The number of carbonyl (C=O) groups is 1. The Morgan fingerprint density at radius 1 is 1.06 bits per heavy atom. The predicted octanol–water partition coefficient (Wildman–Crippen LogP) is 4.19. The Bertz CT molecular complexity index is 1360. The average Bonchev–Trinajstić information content (AvgIpc) is 3.32. The quantitative estimate of drug-likeness (QED) is 0.450. The number of amides is 1. The van der Waals surface area contributed by atoms with Crippen molar-refractivity contribution in [1.82, 2.24) is 29.6 Å². The lowest BCUT2D eigenvalue weighted by molar-refractivity contribution is -0.129. The summed E-state index contributed by atoms with van der Waals surface area (Å²) in [6.45, 7) is 10.8. The van der Waals surface area contributed by atoms with E-state index in [2.05, 4.69) is 53.2 Å². The van der Waals surface area contributed by atoms with Crippen LogP contribution in [-0.4, -0.2) is 61.7 Å². The molecule has 0 spiro atoms. The van der Waals surface area contributed by atoms with E-state index in [4.69, 9.17) is 9.97 Å². The number of nitrogens with zero attached hydrogens (tertiary/aromatic N) is 7. The number of carbonyl (C=O) groups excluding carboxylic acids is 1. The zero-order valence-corrected chi connectivity index (χ0v) is 20.8. The number of hydrogen-bond donors (Lipinski definition) is 1. The molecular formula is C26H32N8O. The number of hydrogen-bond acceptors (Lipinski definition) is 7. The molecule has 1 unspecified atom stereocenters. The molecule has 4 aromatic rings. The minimum Gasteiger partial charge on any atom is -0.362 e. The molecule has 2 atom stereocenters. The summed E-state index contributed by atoms with van der Waals surface area (Å²) in [6, 6.07) is 10.5. The molecule has 0 radical (unpaired) electrons. The van der Waals surface area contributed by atoms with E-state index in [-0.39, 0.29) is 18.0 Å². The monoisotopic (exact) mass is 472 g/mol. The van der Waals surface area contributed by atoms with Gasteiger partial charge in [-0.3, -0.25) is 14.5 Å². The maximum absolute atomic E-state index is 11.8. The highest BCUT2D eigenvalue weighted by Gasteiger charge is 2.24. The summed E-state index contributed by atoms with van der Waals surface area (Å²) in [5.74, 6) is 1.53. The summed E-state index contributed by atoms with van der Waals surface area (Å²) in [7, 11) is 0. The molecule has 1 amide bonds. The molecule has 1 fully saturated rings. The molecule has 1 saturated heterocycles. The summed E-state index contributed by atoms with van der Waals surface area (Å²) in [4.78, 5) is 30.3. The molecule has 9 heteroatoms. The summed E-state index contributed by atoms with van der Waals surface area (Å²) in [5.41, 5.74) is 3.79. The van der Waals surface area contributed by atoms with E-state index >= 15 is 0 Å². The maximum atomic E-state index is 11.8. The van der Waals surface area contributed by atoms with Crippen molar-refractivity contribution in [3.05, 3.63) is 48.3 Å². The normalized spacial score (nSPS) is 16.0. The third-order valence-electron chi connectivity index (χ3n) is 6.91. The highest BCUT2D eigenvalue weighted by atomic mass is 16.2. The molecular weight excluding hydrogens is 440 g/mol. The third kappa shape index (κ3) is 4.50. The smallest absolute Gasteiger partial charge is 0.228 e. The fourth-order valence-electron chi connectivity index (χ4n) is 4.53. The molecule has 0 aliphatic carbocycles. The zero-order chi connectivity index (χ0) is 24.5. The van der Waals surface area contributed by atoms with E-state index in [1.54, 1.807) is 6.92 Å². The van der Waals surface area contributed by atoms with Crippen LogP contribution in [0.3, 0.4) is 0 Å². The second-order valence-corrected chi connectivity index (χ2v) is 9.27. The maximum Gasteiger partial charge on any atom is 0.228 e. The van der Waals surface area contributed by atoms with Gasteiger partial charge in [0, 0.05) is 50.7 Å². The topological polar surface area (TPSA) is 92.1 Å². The summed E-state index contributed by atoms with van der Waals surface area (Å²) in [6.07, 6.45) is 4.70. The van der Waals surface area contributed by atoms with Crippen molar-refractivity contribution in [3.63, 3.8) is 0 Å². The van der Waals surface area contributed by atoms with Gasteiger partial charge in [-0.15, -0.1) is 0 Å². The second-order valence-electron chi connectivity index (χ2n) is 9.27. The second kappa shape index (κ2) is 9.48. The van der Waals surface area contributed by atoms with E-state index < -0.39 is 0 Å². The van der Waals surface area contributed by atoms with Crippen LogP contribution in [0.1, 0.15) is 51.8 Å². The van der Waals surface area contributed by atoms with Gasteiger partial charge in [0.25, 0.3) is 0 Å². The van der Waals surface area contributed by atoms with Crippen molar-refractivity contribution in [2.24, 2.45) is 0 Å². The van der Waals surface area contributed by atoms with Crippen LogP contribution in [0.15, 0.2) is 42.7 Å². The van der Waals surface area contributed by atoms with Crippen molar-refractivity contribution in [2.45, 2.75) is 46.2 Å². The molecule has 5 rings (SSSR count). The van der Waals surface area contributed by atoms with Gasteiger partial charge in [-0.2, -0.15) is 10.1 Å². The fraction of sp³-hybridized carbons (Fsp3) is 0.423. The molecule has 3 aromatic heterocycles. The molecule has 35 heavy (non-hydrogen) atoms. The van der Waals surface area contributed by atoms with Crippen LogP contribution in [0.5, 0.6) is 0 Å². The Kier molecular flexibility index (Phi) is 6.23. The molecule has 0 bridgehead atoms. The van der Waals surface area contributed by atoms with Crippen molar-refractivity contribution >= 4 is 39.6 Å². The van der Waals surface area contributed by atoms with Gasteiger partial charge < -0.3 is 15.1 Å². The lowest BCUT2D eigenvalue weighted by atomic mass is 10.1. The lowest BCUT2D eigenvalue weighted by Gasteiger charge is -2.34. The number of para-hydroxylation sites is 1. The number of anilines is 2. The first kappa shape index (κ1) is 23.0. The molecule has 0 saturated carbocycles. The van der Waals surface area contributed by atoms with Gasteiger partial charge in [0.1, 0.15) is 11.0 Å². The zero-order valence-electron chi connectivity index (χ0n) is 20.8. The van der Waals surface area contributed by atoms with Crippen molar-refractivity contribution < 1.29 is 4.79 Å². The molecule has 1 aliphatic heterocycles. The van der Waals surface area contributed by atoms with Gasteiger partial charge in [0.2, 0.25) is 11.9 Å². The van der Waals surface area contributed by atoms with Crippen LogP contribution >= 0.6 is 0 Å². The Labute approximate surface area is 205 Å². The number of nitrogens with one attached hydrogen (secondary N) is 1. The van der Waals surface area contributed by atoms with E-state index in [0.717, 1.165) is 39.7 Å². The van der Waals surface area contributed by atoms with Crippen LogP contribution in [0.25, 0.3) is 21.9 Å². The van der Waals surface area contributed by atoms with Crippen LogP contribution in [-0.2, 0) is 4.79 Å². The van der Waals surface area contributed by atoms with Gasteiger partial charge >= 0.3 is 0 Å². The number of fused-ring (bicyclic) bond motifs is 2. The minimum atomic E-state index is -0.0205. The largest absolute Gasteiger partial charge is 0.362 e. The highest BCUT2D eigenvalue weighted by Crippen LogP contribution is 2.30. The molecule has 182 valence electrons. The van der Waals surface area contributed by atoms with Crippen LogP contribution in [0.4, 0.5) is 11.8 Å². The van der Waals surface area contributed by atoms with Gasteiger partial charge in [0.05, 0.1) is 17.8 Å². The number of pyridine rings is 1. The van der Waals surface area contributed by atoms with Crippen LogP contribution < -0.4 is 10.2 Å². The van der Waals surface area contributed by atoms with Gasteiger partial charge in [-0.1, -0.05) is 25.1 Å². The highest BCUT2D eigenvalue weighted by molar-refractivity contribution is 5.87. The predicted molar refractivity (Wildman–Crippen MR) is 139 cm³/mol. The van der Waals surface area contributed by atoms with E-state index in [0.29, 0.717) is 32.1 Å². The van der Waals surface area contributed by atoms with Gasteiger partial charge in [-0.05, 0) is 38.0 Å². The number of piperazine rings is 1. The first-order valence-electron chi connectivity index (χ1n) is 12.3. The van der Waals surface area contributed by atoms with Crippen molar-refractivity contribution in [3.8, 4) is 0 Å². The average molecular weight is 473 g/mol. The van der Waals surface area contributed by atoms with Gasteiger partial charge in [0.15, 0.2) is 5.82 Å². The van der Waals surface area contributed by atoms with Gasteiger partial charge in [-0.25, -0.2) is 4.98 Å². The molecule has 1 aliphatic rings. The fourth-order valence-corrected chi connectivity index (χ4v) is 4.53. The van der Waals surface area contributed by atoms with Crippen molar-refractivity contribution in [1.29, 1.82) is 0 Å². The first-order valence-corrected chi connectivity index (χ1v) is 12.3. The molecule has 4 heterocycles. The number of benzene rings is 1. The molecule has 9 nitrogen and oxygen atoms in total. The minimum absolute atomic E-state index is 0.0205. The van der Waals surface area contributed by atoms with E-state index in [1.165, 1.54) is 0 Å². The molecule has 1 N–H and O–H groups in total. The Hall–Kier alpha value is -3.75. The lowest BCUT2D eigenvalue weighted by Crippen LogP contribution is -2.48. The summed E-state index contributed by atoms with van der Waals surface area (Å²) >= 11 is 0. The first-order chi connectivity index (χ1) is 16.9. The molecule has 1 aromatic carbocycles. The SMILES string of the molecule is CCC(C)n1ncc2nc(N3CCN(C(C)=O)CC3)nc(N[C@H](C)c3cnc4ccccc4c3)c21. The van der Waals surface area contributed by atoms with E-state index in [1.807, 2.05) is 40.2 Å².